The summed E-state index contributed by atoms with van der Waals surface area (Å²) in [5.74, 6) is -1.19. The van der Waals surface area contributed by atoms with Gasteiger partial charge in [-0.2, -0.15) is 5.10 Å². The largest absolute Gasteiger partial charge is 0.325 e. The highest BCUT2D eigenvalue weighted by atomic mass is 19.1. The van der Waals surface area contributed by atoms with Crippen LogP contribution in [0.25, 0.3) is 0 Å². The number of halogens is 1. The fourth-order valence-electron chi connectivity index (χ4n) is 5.02. The minimum absolute atomic E-state index is 0.0521. The summed E-state index contributed by atoms with van der Waals surface area (Å²) in [6.45, 7) is 5.73. The van der Waals surface area contributed by atoms with Gasteiger partial charge in [0.15, 0.2) is 5.78 Å². The highest BCUT2D eigenvalue weighted by Crippen LogP contribution is 2.69. The number of nitro groups is 1. The van der Waals surface area contributed by atoms with Crippen LogP contribution >= 0.6 is 0 Å². The average Bonchev–Trinajstić information content (AvgIpc) is 3.03. The lowest BCUT2D eigenvalue weighted by Gasteiger charge is -2.37. The fourth-order valence-corrected chi connectivity index (χ4v) is 5.02. The van der Waals surface area contributed by atoms with Gasteiger partial charge in [0, 0.05) is 23.2 Å². The summed E-state index contributed by atoms with van der Waals surface area (Å²) in [6.07, 6.45) is 0.988. The zero-order valence-electron chi connectivity index (χ0n) is 17.9. The number of hydrogen-bond donors (Lipinski definition) is 2. The fraction of sp³-hybridized carbons (Fsp3) is 0.348. The van der Waals surface area contributed by atoms with Gasteiger partial charge in [-0.05, 0) is 54.7 Å². The summed E-state index contributed by atoms with van der Waals surface area (Å²) in [7, 11) is 0. The molecule has 2 N–H and O–H groups in total. The third kappa shape index (κ3) is 2.91. The number of amides is 1. The number of Topliss-reactive ketones (excluding diaryl/α,β-unsaturated/α-hetero) is 1. The van der Waals surface area contributed by atoms with Gasteiger partial charge in [0.1, 0.15) is 16.9 Å². The maximum Gasteiger partial charge on any atom is 0.269 e. The molecule has 166 valence electrons. The molecule has 8 nitrogen and oxygen atoms in total. The molecule has 4 rings (SSSR count). The van der Waals surface area contributed by atoms with Gasteiger partial charge in [-0.3, -0.25) is 25.1 Å². The molecular formula is C23H23FN4O4. The van der Waals surface area contributed by atoms with E-state index in [2.05, 4.69) is 15.8 Å². The lowest BCUT2D eigenvalue weighted by atomic mass is 9.64. The number of ketones is 1. The first kappa shape index (κ1) is 21.6. The van der Waals surface area contributed by atoms with Crippen LogP contribution in [0.1, 0.15) is 33.6 Å². The third-order valence-corrected chi connectivity index (χ3v) is 7.44. The van der Waals surface area contributed by atoms with Gasteiger partial charge in [0.05, 0.1) is 10.6 Å². The summed E-state index contributed by atoms with van der Waals surface area (Å²) < 4.78 is 13.2. The molecule has 2 unspecified atom stereocenters. The molecule has 0 spiro atoms. The molecule has 2 fully saturated rings. The number of nitrogens with one attached hydrogen (secondary N) is 2. The summed E-state index contributed by atoms with van der Waals surface area (Å²) in [4.78, 5) is 37.3. The molecular weight excluding hydrogens is 415 g/mol. The predicted octanol–water partition coefficient (Wildman–Crippen LogP) is 4.54. The second kappa shape index (κ2) is 7.22. The molecule has 2 aliphatic rings. The second-order valence-corrected chi connectivity index (χ2v) is 9.03. The summed E-state index contributed by atoms with van der Waals surface area (Å²) in [6, 6.07) is 11.1. The van der Waals surface area contributed by atoms with Gasteiger partial charge in [-0.15, -0.1) is 0 Å². The lowest BCUT2D eigenvalue weighted by molar-refractivity contribution is -0.384. The summed E-state index contributed by atoms with van der Waals surface area (Å²) in [5.41, 5.74) is 1.29. The minimum atomic E-state index is -1.30. The van der Waals surface area contributed by atoms with Gasteiger partial charge < -0.3 is 5.32 Å². The van der Waals surface area contributed by atoms with Gasteiger partial charge in [0.25, 0.3) is 5.69 Å². The summed E-state index contributed by atoms with van der Waals surface area (Å²) in [5, 5.41) is 18.0. The number of fused-ring (bicyclic) bond motifs is 2. The zero-order valence-corrected chi connectivity index (χ0v) is 17.9. The van der Waals surface area contributed by atoms with E-state index in [-0.39, 0.29) is 17.2 Å². The molecule has 2 atom stereocenters. The Balaban J connectivity index is 1.64. The average molecular weight is 438 g/mol. The molecule has 2 aromatic rings. The first-order valence-electron chi connectivity index (χ1n) is 10.2. The first-order valence-corrected chi connectivity index (χ1v) is 10.2. The van der Waals surface area contributed by atoms with Crippen molar-refractivity contribution < 1.29 is 18.9 Å². The number of nitro benzene ring substituents is 1. The zero-order chi connectivity index (χ0) is 23.3. The van der Waals surface area contributed by atoms with Crippen molar-refractivity contribution in [1.82, 2.24) is 0 Å². The first-order chi connectivity index (χ1) is 15.0. The number of hydrogen-bond acceptors (Lipinski definition) is 6. The van der Waals surface area contributed by atoms with Crippen LogP contribution in [0, 0.1) is 32.2 Å². The molecule has 2 aromatic carbocycles. The van der Waals surface area contributed by atoms with E-state index in [9.17, 15) is 24.1 Å². The van der Waals surface area contributed by atoms with E-state index in [1.807, 2.05) is 20.8 Å². The number of anilines is 2. The topological polar surface area (TPSA) is 114 Å². The van der Waals surface area contributed by atoms with Crippen LogP contribution in [0.3, 0.4) is 0 Å². The van der Waals surface area contributed by atoms with Gasteiger partial charge >= 0.3 is 0 Å². The van der Waals surface area contributed by atoms with E-state index < -0.39 is 32.9 Å². The van der Waals surface area contributed by atoms with E-state index in [0.717, 1.165) is 0 Å². The molecule has 2 saturated carbocycles. The Morgan fingerprint density at radius 2 is 1.62 bits per heavy atom. The maximum absolute atomic E-state index is 13.6. The number of non-ortho nitro benzene ring substituents is 1. The number of nitrogens with zero attached hydrogens (tertiary/aromatic N) is 2. The van der Waals surface area contributed by atoms with Gasteiger partial charge in [-0.25, -0.2) is 4.39 Å². The molecule has 2 bridgehead atoms. The number of benzene rings is 2. The van der Waals surface area contributed by atoms with E-state index in [0.29, 0.717) is 24.2 Å². The van der Waals surface area contributed by atoms with Crippen molar-refractivity contribution >= 4 is 34.5 Å². The smallest absolute Gasteiger partial charge is 0.269 e. The van der Waals surface area contributed by atoms with Crippen LogP contribution in [0.15, 0.2) is 53.6 Å². The molecule has 9 heteroatoms. The predicted molar refractivity (Wildman–Crippen MR) is 118 cm³/mol. The van der Waals surface area contributed by atoms with Crippen molar-refractivity contribution in [3.63, 3.8) is 0 Å². The molecule has 0 aliphatic heterocycles. The second-order valence-electron chi connectivity index (χ2n) is 9.03. The quantitative estimate of drug-likeness (QED) is 0.404. The molecule has 1 amide bonds. The van der Waals surface area contributed by atoms with Crippen molar-refractivity contribution in [3.8, 4) is 0 Å². The van der Waals surface area contributed by atoms with Crippen molar-refractivity contribution in [2.45, 2.75) is 33.6 Å². The van der Waals surface area contributed by atoms with Crippen LogP contribution in [-0.4, -0.2) is 22.3 Å². The van der Waals surface area contributed by atoms with E-state index >= 15 is 0 Å². The van der Waals surface area contributed by atoms with Gasteiger partial charge in [0.2, 0.25) is 5.91 Å². The van der Waals surface area contributed by atoms with Crippen molar-refractivity contribution in [2.24, 2.45) is 21.3 Å². The molecule has 0 heterocycles. The number of hydrazone groups is 1. The highest BCUT2D eigenvalue weighted by Gasteiger charge is 2.76. The standard InChI is InChI=1S/C23H23FN4O4/c1-21(2)22(3)12-13-23(21,20(30)25-15-6-4-14(24)5-7-15)19(29)18(22)27-26-16-8-10-17(11-9-16)28(31)32/h4-11,26H,12-13H2,1-3H3,(H,25,30)/b27-18+. The van der Waals surface area contributed by atoms with E-state index in [4.69, 9.17) is 0 Å². The molecule has 2 aliphatic carbocycles. The third-order valence-electron chi connectivity index (χ3n) is 7.44. The lowest BCUT2D eigenvalue weighted by Crippen LogP contribution is -2.47. The van der Waals surface area contributed by atoms with Crippen molar-refractivity contribution in [3.05, 3.63) is 64.5 Å². The van der Waals surface area contributed by atoms with Gasteiger partial charge in [-0.1, -0.05) is 20.8 Å². The Morgan fingerprint density at radius 3 is 2.22 bits per heavy atom. The van der Waals surface area contributed by atoms with Crippen LogP contribution < -0.4 is 10.7 Å². The molecule has 32 heavy (non-hydrogen) atoms. The Hall–Kier alpha value is -3.62. The highest BCUT2D eigenvalue weighted by molar-refractivity contribution is 6.51. The monoisotopic (exact) mass is 438 g/mol. The maximum atomic E-state index is 13.6. The van der Waals surface area contributed by atoms with Crippen molar-refractivity contribution in [2.75, 3.05) is 10.7 Å². The Morgan fingerprint density at radius 1 is 1.03 bits per heavy atom. The van der Waals surface area contributed by atoms with Crippen LogP contribution in [0.2, 0.25) is 0 Å². The van der Waals surface area contributed by atoms with Crippen molar-refractivity contribution in [1.29, 1.82) is 0 Å². The van der Waals surface area contributed by atoms with E-state index in [1.54, 1.807) is 0 Å². The van der Waals surface area contributed by atoms with E-state index in [1.165, 1.54) is 48.5 Å². The van der Waals surface area contributed by atoms with Crippen LogP contribution in [-0.2, 0) is 9.59 Å². The Kier molecular flexibility index (Phi) is 4.87. The summed E-state index contributed by atoms with van der Waals surface area (Å²) >= 11 is 0. The molecule has 0 saturated heterocycles. The number of rotatable bonds is 5. The number of carbonyl (C=O) groups excluding carboxylic acids is 2. The molecule has 0 aromatic heterocycles. The van der Waals surface area contributed by atoms with Crippen LogP contribution in [0.4, 0.5) is 21.5 Å². The SMILES string of the molecule is CC12CCC(C(=O)Nc3ccc(F)cc3)(C(=O)/C1=N\Nc1ccc([N+](=O)[O-])cc1)C2(C)C. The minimum Gasteiger partial charge on any atom is -0.325 e. The molecule has 0 radical (unpaired) electrons. The Labute approximate surface area is 184 Å². The number of carbonyl (C=O) groups is 2. The normalized spacial score (nSPS) is 26.9. The Bertz CT molecular complexity index is 1140. The van der Waals surface area contributed by atoms with Crippen LogP contribution in [0.5, 0.6) is 0 Å².